The molecule has 1 saturated heterocycles. The normalized spacial score (nSPS) is 22.1. The van der Waals surface area contributed by atoms with Crippen LogP contribution >= 0.6 is 0 Å². The predicted octanol–water partition coefficient (Wildman–Crippen LogP) is 1.15. The minimum atomic E-state index is -0.298. The molecule has 1 atom stereocenters. The highest BCUT2D eigenvalue weighted by Gasteiger charge is 2.27. The van der Waals surface area contributed by atoms with E-state index in [4.69, 9.17) is 5.26 Å². The van der Waals surface area contributed by atoms with Gasteiger partial charge in [-0.3, -0.25) is 9.18 Å². The molecule has 0 aromatic carbocycles. The second-order valence-corrected chi connectivity index (χ2v) is 3.63. The first-order chi connectivity index (χ1) is 6.77. The highest BCUT2D eigenvalue weighted by Crippen LogP contribution is 2.18. The van der Waals surface area contributed by atoms with Crippen LogP contribution in [0.15, 0.2) is 0 Å². The quantitative estimate of drug-likeness (QED) is 0.665. The van der Waals surface area contributed by atoms with Gasteiger partial charge in [-0.05, 0) is 19.4 Å². The summed E-state index contributed by atoms with van der Waals surface area (Å²) in [5.74, 6) is 0.0458. The number of hydrogen-bond acceptors (Lipinski definition) is 3. The van der Waals surface area contributed by atoms with Crippen molar-refractivity contribution in [3.05, 3.63) is 0 Å². The van der Waals surface area contributed by atoms with Gasteiger partial charge < -0.3 is 4.90 Å². The summed E-state index contributed by atoms with van der Waals surface area (Å²) in [7, 11) is 0. The van der Waals surface area contributed by atoms with Crippen LogP contribution < -0.4 is 0 Å². The smallest absolute Gasteiger partial charge is 0.151 e. The zero-order valence-corrected chi connectivity index (χ0v) is 8.21. The lowest BCUT2D eigenvalue weighted by molar-refractivity contribution is -0.121. The second kappa shape index (κ2) is 5.71. The van der Waals surface area contributed by atoms with Gasteiger partial charge in [0.25, 0.3) is 0 Å². The Hall–Kier alpha value is -0.950. The predicted molar refractivity (Wildman–Crippen MR) is 50.4 cm³/mol. The number of ketones is 1. The molecule has 1 heterocycles. The van der Waals surface area contributed by atoms with E-state index in [1.807, 2.05) is 6.07 Å². The van der Waals surface area contributed by atoms with Gasteiger partial charge in [0.2, 0.25) is 0 Å². The zero-order chi connectivity index (χ0) is 10.4. The molecule has 1 aliphatic heterocycles. The molecule has 3 nitrogen and oxygen atoms in total. The van der Waals surface area contributed by atoms with Gasteiger partial charge in [0.15, 0.2) is 5.78 Å². The standard InChI is InChI=1S/C10H15FN2O/c11-4-1-6-13-7-3-9(8-13)10(14)2-5-12/h9H,1-4,6-8H2. The Morgan fingerprint density at radius 2 is 2.43 bits per heavy atom. The lowest BCUT2D eigenvalue weighted by Gasteiger charge is -2.13. The Morgan fingerprint density at radius 3 is 3.07 bits per heavy atom. The topological polar surface area (TPSA) is 44.1 Å². The van der Waals surface area contributed by atoms with Crippen molar-refractivity contribution < 1.29 is 9.18 Å². The lowest BCUT2D eigenvalue weighted by Crippen LogP contribution is -2.24. The largest absolute Gasteiger partial charge is 0.302 e. The van der Waals surface area contributed by atoms with E-state index in [2.05, 4.69) is 4.90 Å². The molecule has 0 radical (unpaired) electrons. The number of nitrogens with zero attached hydrogens (tertiary/aromatic N) is 2. The molecule has 0 N–H and O–H groups in total. The van der Waals surface area contributed by atoms with Gasteiger partial charge in [0.1, 0.15) is 0 Å². The molecule has 0 saturated carbocycles. The average Bonchev–Trinajstić information content (AvgIpc) is 2.63. The number of carbonyl (C=O) groups is 1. The molecule has 0 aromatic rings. The summed E-state index contributed by atoms with van der Waals surface area (Å²) in [5, 5.41) is 8.37. The van der Waals surface area contributed by atoms with E-state index in [1.165, 1.54) is 0 Å². The maximum Gasteiger partial charge on any atom is 0.151 e. The monoisotopic (exact) mass is 198 g/mol. The number of rotatable bonds is 5. The number of Topliss-reactive ketones (excluding diaryl/α,β-unsaturated/α-hetero) is 1. The van der Waals surface area contributed by atoms with Gasteiger partial charge in [-0.25, -0.2) is 0 Å². The van der Waals surface area contributed by atoms with Crippen molar-refractivity contribution >= 4 is 5.78 Å². The summed E-state index contributed by atoms with van der Waals surface area (Å²) in [6.45, 7) is 2.00. The molecule has 14 heavy (non-hydrogen) atoms. The number of nitriles is 1. The maximum absolute atomic E-state index is 11.9. The molecule has 0 spiro atoms. The molecule has 1 rings (SSSR count). The van der Waals surface area contributed by atoms with Gasteiger partial charge in [0, 0.05) is 19.0 Å². The SMILES string of the molecule is N#CCC(=O)C1CCN(CCCF)C1. The average molecular weight is 198 g/mol. The summed E-state index contributed by atoms with van der Waals surface area (Å²) >= 11 is 0. The van der Waals surface area contributed by atoms with Crippen molar-refractivity contribution in [3.8, 4) is 6.07 Å². The van der Waals surface area contributed by atoms with Gasteiger partial charge in [-0.15, -0.1) is 0 Å². The molecule has 1 aliphatic rings. The van der Waals surface area contributed by atoms with Crippen LogP contribution in [0, 0.1) is 17.2 Å². The van der Waals surface area contributed by atoms with E-state index in [0.717, 1.165) is 19.5 Å². The third-order valence-corrected chi connectivity index (χ3v) is 2.59. The lowest BCUT2D eigenvalue weighted by atomic mass is 10.0. The van der Waals surface area contributed by atoms with Gasteiger partial charge in [-0.1, -0.05) is 0 Å². The van der Waals surface area contributed by atoms with E-state index < -0.39 is 0 Å². The Balaban J connectivity index is 2.27. The highest BCUT2D eigenvalue weighted by atomic mass is 19.1. The van der Waals surface area contributed by atoms with Gasteiger partial charge >= 0.3 is 0 Å². The van der Waals surface area contributed by atoms with E-state index in [1.54, 1.807) is 0 Å². The van der Waals surface area contributed by atoms with Crippen LogP contribution in [0.3, 0.4) is 0 Å². The van der Waals surface area contributed by atoms with Crippen molar-refractivity contribution in [3.63, 3.8) is 0 Å². The van der Waals surface area contributed by atoms with Crippen molar-refractivity contribution in [1.82, 2.24) is 4.90 Å². The van der Waals surface area contributed by atoms with E-state index in [9.17, 15) is 9.18 Å². The van der Waals surface area contributed by atoms with Crippen LogP contribution in [-0.4, -0.2) is 37.0 Å². The van der Waals surface area contributed by atoms with Crippen LogP contribution in [-0.2, 0) is 4.79 Å². The molecule has 1 unspecified atom stereocenters. The summed E-state index contributed by atoms with van der Waals surface area (Å²) in [4.78, 5) is 13.4. The maximum atomic E-state index is 11.9. The zero-order valence-electron chi connectivity index (χ0n) is 8.21. The van der Waals surface area contributed by atoms with Crippen molar-refractivity contribution in [2.24, 2.45) is 5.92 Å². The number of hydrogen-bond donors (Lipinski definition) is 0. The first-order valence-corrected chi connectivity index (χ1v) is 4.96. The van der Waals surface area contributed by atoms with Gasteiger partial charge in [-0.2, -0.15) is 5.26 Å². The summed E-state index contributed by atoms with van der Waals surface area (Å²) in [6.07, 6.45) is 1.38. The molecule has 0 bridgehead atoms. The van der Waals surface area contributed by atoms with Crippen LogP contribution in [0.2, 0.25) is 0 Å². The fourth-order valence-electron chi connectivity index (χ4n) is 1.80. The first-order valence-electron chi connectivity index (χ1n) is 4.96. The molecule has 78 valence electrons. The molecule has 0 aromatic heterocycles. The number of likely N-dealkylation sites (tertiary alicyclic amines) is 1. The third-order valence-electron chi connectivity index (χ3n) is 2.59. The van der Waals surface area contributed by atoms with Gasteiger partial charge in [0.05, 0.1) is 19.2 Å². The molecule has 4 heteroatoms. The Morgan fingerprint density at radius 1 is 1.64 bits per heavy atom. The second-order valence-electron chi connectivity index (χ2n) is 3.63. The van der Waals surface area contributed by atoms with Crippen molar-refractivity contribution in [2.45, 2.75) is 19.3 Å². The number of halogens is 1. The summed E-state index contributed by atoms with van der Waals surface area (Å²) in [5.41, 5.74) is 0. The first kappa shape index (κ1) is 11.1. The van der Waals surface area contributed by atoms with Crippen LogP contribution in [0.1, 0.15) is 19.3 Å². The summed E-state index contributed by atoms with van der Waals surface area (Å²) < 4.78 is 11.9. The third kappa shape index (κ3) is 3.08. The Bertz CT molecular complexity index is 237. The van der Waals surface area contributed by atoms with Crippen LogP contribution in [0.4, 0.5) is 4.39 Å². The fraction of sp³-hybridized carbons (Fsp3) is 0.800. The van der Waals surface area contributed by atoms with E-state index >= 15 is 0 Å². The Labute approximate surface area is 83.5 Å². The van der Waals surface area contributed by atoms with Crippen molar-refractivity contribution in [1.29, 1.82) is 5.26 Å². The fourth-order valence-corrected chi connectivity index (χ4v) is 1.80. The Kier molecular flexibility index (Phi) is 4.54. The van der Waals surface area contributed by atoms with Crippen molar-refractivity contribution in [2.75, 3.05) is 26.3 Å². The number of carbonyl (C=O) groups excluding carboxylic acids is 1. The van der Waals surface area contributed by atoms with Crippen LogP contribution in [0.5, 0.6) is 0 Å². The molecule has 1 fully saturated rings. The summed E-state index contributed by atoms with van der Waals surface area (Å²) in [6, 6.07) is 1.87. The minimum absolute atomic E-state index is 0.00858. The minimum Gasteiger partial charge on any atom is -0.302 e. The number of alkyl halides is 1. The molecular formula is C10H15FN2O. The molecule has 0 amide bonds. The molecule has 0 aliphatic carbocycles. The van der Waals surface area contributed by atoms with E-state index in [-0.39, 0.29) is 24.8 Å². The highest BCUT2D eigenvalue weighted by molar-refractivity contribution is 5.83. The van der Waals surface area contributed by atoms with Crippen LogP contribution in [0.25, 0.3) is 0 Å². The van der Waals surface area contributed by atoms with E-state index in [0.29, 0.717) is 13.0 Å². The molecular weight excluding hydrogens is 183 g/mol.